The van der Waals surface area contributed by atoms with E-state index in [9.17, 15) is 4.79 Å². The Labute approximate surface area is 145 Å². The molecule has 0 saturated heterocycles. The van der Waals surface area contributed by atoms with Crippen LogP contribution >= 0.6 is 23.2 Å². The molecule has 23 heavy (non-hydrogen) atoms. The van der Waals surface area contributed by atoms with Gasteiger partial charge in [0.2, 0.25) is 0 Å². The van der Waals surface area contributed by atoms with Gasteiger partial charge in [-0.2, -0.15) is 0 Å². The highest BCUT2D eigenvalue weighted by atomic mass is 35.5. The topological polar surface area (TPSA) is 45.3 Å². The average molecular weight is 355 g/mol. The molecule has 1 aliphatic rings. The lowest BCUT2D eigenvalue weighted by atomic mass is 10.1. The molecule has 2 heterocycles. The Bertz CT molecular complexity index is 762. The highest BCUT2D eigenvalue weighted by Gasteiger charge is 2.25. The SMILES string of the molecule is CC(C)(C)OC(=O)N1CCc2[nH]c3cc(Cl)c(Cl)cc3c2CC1. The van der Waals surface area contributed by atoms with Crippen molar-refractivity contribution in [3.05, 3.63) is 33.4 Å². The van der Waals surface area contributed by atoms with Gasteiger partial charge in [-0.25, -0.2) is 4.79 Å². The first-order chi connectivity index (χ1) is 10.7. The molecule has 4 nitrogen and oxygen atoms in total. The van der Waals surface area contributed by atoms with Gasteiger partial charge in [0.15, 0.2) is 0 Å². The third kappa shape index (κ3) is 3.43. The summed E-state index contributed by atoms with van der Waals surface area (Å²) in [5.74, 6) is 0. The second kappa shape index (κ2) is 5.91. The zero-order chi connectivity index (χ0) is 16.8. The third-order valence-corrected chi connectivity index (χ3v) is 4.67. The molecule has 0 bridgehead atoms. The van der Waals surface area contributed by atoms with Gasteiger partial charge >= 0.3 is 6.09 Å². The number of ether oxygens (including phenoxy) is 1. The zero-order valence-corrected chi connectivity index (χ0v) is 15.0. The van der Waals surface area contributed by atoms with Crippen LogP contribution in [0.1, 0.15) is 32.0 Å². The number of aromatic nitrogens is 1. The molecule has 124 valence electrons. The fourth-order valence-electron chi connectivity index (χ4n) is 2.91. The normalized spacial score (nSPS) is 15.4. The van der Waals surface area contributed by atoms with Gasteiger partial charge in [-0.05, 0) is 44.9 Å². The molecule has 3 rings (SSSR count). The molecule has 0 aliphatic carbocycles. The maximum absolute atomic E-state index is 12.3. The summed E-state index contributed by atoms with van der Waals surface area (Å²) in [6, 6.07) is 3.76. The number of hydrogen-bond donors (Lipinski definition) is 1. The molecule has 0 fully saturated rings. The lowest BCUT2D eigenvalue weighted by Crippen LogP contribution is -2.38. The fraction of sp³-hybridized carbons (Fsp3) is 0.471. The molecule has 0 atom stereocenters. The van der Waals surface area contributed by atoms with Crippen molar-refractivity contribution in [2.24, 2.45) is 0 Å². The van der Waals surface area contributed by atoms with Crippen LogP contribution in [0.3, 0.4) is 0 Å². The summed E-state index contributed by atoms with van der Waals surface area (Å²) in [6.45, 7) is 6.91. The fourth-order valence-corrected chi connectivity index (χ4v) is 3.24. The quantitative estimate of drug-likeness (QED) is 0.737. The van der Waals surface area contributed by atoms with Crippen LogP contribution in [0.4, 0.5) is 4.79 Å². The number of hydrogen-bond acceptors (Lipinski definition) is 2. The molecule has 2 aromatic rings. The maximum Gasteiger partial charge on any atom is 0.410 e. The summed E-state index contributed by atoms with van der Waals surface area (Å²) in [7, 11) is 0. The van der Waals surface area contributed by atoms with Crippen LogP contribution in [0.5, 0.6) is 0 Å². The van der Waals surface area contributed by atoms with Gasteiger partial charge in [0.05, 0.1) is 10.0 Å². The first-order valence-electron chi connectivity index (χ1n) is 7.71. The molecule has 1 aromatic heterocycles. The third-order valence-electron chi connectivity index (χ3n) is 3.95. The summed E-state index contributed by atoms with van der Waals surface area (Å²) in [4.78, 5) is 17.4. The number of halogens is 2. The van der Waals surface area contributed by atoms with Gasteiger partial charge in [-0.1, -0.05) is 23.2 Å². The van der Waals surface area contributed by atoms with Crippen molar-refractivity contribution < 1.29 is 9.53 Å². The van der Waals surface area contributed by atoms with Crippen molar-refractivity contribution >= 4 is 40.2 Å². The Morgan fingerprint density at radius 3 is 2.52 bits per heavy atom. The van der Waals surface area contributed by atoms with E-state index in [2.05, 4.69) is 4.98 Å². The Morgan fingerprint density at radius 2 is 1.83 bits per heavy atom. The largest absolute Gasteiger partial charge is 0.444 e. The van der Waals surface area contributed by atoms with Crippen molar-refractivity contribution in [3.63, 3.8) is 0 Å². The second-order valence-electron chi connectivity index (χ2n) is 6.86. The van der Waals surface area contributed by atoms with E-state index in [0.717, 1.165) is 29.4 Å². The molecule has 1 N–H and O–H groups in total. The number of aromatic amines is 1. The number of carbonyl (C=O) groups excluding carboxylic acids is 1. The molecule has 0 saturated carbocycles. The lowest BCUT2D eigenvalue weighted by molar-refractivity contribution is 0.0258. The molecular weight excluding hydrogens is 335 g/mol. The number of H-pyrrole nitrogens is 1. The highest BCUT2D eigenvalue weighted by Crippen LogP contribution is 2.32. The van der Waals surface area contributed by atoms with Crippen LogP contribution < -0.4 is 0 Å². The van der Waals surface area contributed by atoms with Crippen LogP contribution in [0, 0.1) is 0 Å². The zero-order valence-electron chi connectivity index (χ0n) is 13.5. The summed E-state index contributed by atoms with van der Waals surface area (Å²) in [5.41, 5.74) is 2.87. The van der Waals surface area contributed by atoms with E-state index < -0.39 is 5.60 Å². The minimum Gasteiger partial charge on any atom is -0.444 e. The van der Waals surface area contributed by atoms with Crippen molar-refractivity contribution in [2.75, 3.05) is 13.1 Å². The van der Waals surface area contributed by atoms with Gasteiger partial charge in [-0.3, -0.25) is 0 Å². The lowest BCUT2D eigenvalue weighted by Gasteiger charge is -2.26. The standard InChI is InChI=1S/C17H20Cl2N2O2/c1-17(2,3)23-16(22)21-6-4-10-11-8-12(18)13(19)9-15(11)20-14(10)5-7-21/h8-9,20H,4-7H2,1-3H3. The first-order valence-corrected chi connectivity index (χ1v) is 8.46. The monoisotopic (exact) mass is 354 g/mol. The summed E-state index contributed by atoms with van der Waals surface area (Å²) in [6.07, 6.45) is 1.28. The Hall–Kier alpha value is -1.39. The molecule has 0 unspecified atom stereocenters. The van der Waals surface area contributed by atoms with E-state index in [-0.39, 0.29) is 6.09 Å². The van der Waals surface area contributed by atoms with Crippen LogP contribution in [-0.4, -0.2) is 34.7 Å². The van der Waals surface area contributed by atoms with Crippen molar-refractivity contribution in [1.82, 2.24) is 9.88 Å². The van der Waals surface area contributed by atoms with Crippen LogP contribution in [-0.2, 0) is 17.6 Å². The molecule has 1 amide bonds. The number of amides is 1. The Balaban J connectivity index is 1.84. The summed E-state index contributed by atoms with van der Waals surface area (Å²) >= 11 is 12.2. The second-order valence-corrected chi connectivity index (χ2v) is 7.68. The summed E-state index contributed by atoms with van der Waals surface area (Å²) in [5, 5.41) is 2.18. The Morgan fingerprint density at radius 1 is 1.17 bits per heavy atom. The van der Waals surface area contributed by atoms with E-state index in [4.69, 9.17) is 27.9 Å². The predicted octanol–water partition coefficient (Wildman–Crippen LogP) is 4.81. The van der Waals surface area contributed by atoms with Gasteiger partial charge in [-0.15, -0.1) is 0 Å². The van der Waals surface area contributed by atoms with E-state index in [1.807, 2.05) is 32.9 Å². The van der Waals surface area contributed by atoms with E-state index in [1.54, 1.807) is 4.90 Å². The number of carbonyl (C=O) groups is 1. The molecule has 1 aromatic carbocycles. The van der Waals surface area contributed by atoms with E-state index in [1.165, 1.54) is 5.56 Å². The van der Waals surface area contributed by atoms with Crippen molar-refractivity contribution in [2.45, 2.75) is 39.2 Å². The van der Waals surface area contributed by atoms with Crippen LogP contribution in [0.2, 0.25) is 10.0 Å². The van der Waals surface area contributed by atoms with E-state index in [0.29, 0.717) is 23.1 Å². The van der Waals surface area contributed by atoms with Crippen molar-refractivity contribution in [1.29, 1.82) is 0 Å². The minimum atomic E-state index is -0.478. The van der Waals surface area contributed by atoms with Crippen LogP contribution in [0.15, 0.2) is 12.1 Å². The molecular formula is C17H20Cl2N2O2. The number of nitrogens with zero attached hydrogens (tertiary/aromatic N) is 1. The van der Waals surface area contributed by atoms with Gasteiger partial charge in [0, 0.05) is 36.1 Å². The average Bonchev–Trinajstić information content (AvgIpc) is 2.63. The smallest absolute Gasteiger partial charge is 0.410 e. The van der Waals surface area contributed by atoms with Gasteiger partial charge in [0.25, 0.3) is 0 Å². The number of nitrogens with one attached hydrogen (secondary N) is 1. The number of fused-ring (bicyclic) bond motifs is 3. The van der Waals surface area contributed by atoms with Gasteiger partial charge in [0.1, 0.15) is 5.60 Å². The minimum absolute atomic E-state index is 0.256. The van der Waals surface area contributed by atoms with Gasteiger partial charge < -0.3 is 14.6 Å². The summed E-state index contributed by atoms with van der Waals surface area (Å²) < 4.78 is 5.47. The highest BCUT2D eigenvalue weighted by molar-refractivity contribution is 6.42. The molecule has 0 spiro atoms. The predicted molar refractivity (Wildman–Crippen MR) is 93.5 cm³/mol. The maximum atomic E-state index is 12.3. The molecule has 0 radical (unpaired) electrons. The first kappa shape index (κ1) is 16.5. The number of benzene rings is 1. The Kier molecular flexibility index (Phi) is 4.23. The number of rotatable bonds is 0. The van der Waals surface area contributed by atoms with E-state index >= 15 is 0 Å². The molecule has 1 aliphatic heterocycles. The van der Waals surface area contributed by atoms with Crippen LogP contribution in [0.25, 0.3) is 10.9 Å². The van der Waals surface area contributed by atoms with Crippen molar-refractivity contribution in [3.8, 4) is 0 Å². The molecule has 6 heteroatoms.